The normalized spacial score (nSPS) is 22.3. The van der Waals surface area contributed by atoms with Crippen molar-refractivity contribution < 1.29 is 18.3 Å². The minimum atomic E-state index is -5.03. The summed E-state index contributed by atoms with van der Waals surface area (Å²) in [5.41, 5.74) is 3.79. The van der Waals surface area contributed by atoms with Crippen LogP contribution in [-0.2, 0) is 6.42 Å². The molecule has 0 radical (unpaired) electrons. The third-order valence-electron chi connectivity index (χ3n) is 4.43. The number of hydrogen-bond acceptors (Lipinski definition) is 8. The molecule has 0 spiro atoms. The van der Waals surface area contributed by atoms with Gasteiger partial charge in [-0.15, -0.1) is 10.2 Å². The summed E-state index contributed by atoms with van der Waals surface area (Å²) in [6.45, 7) is 1.85. The van der Waals surface area contributed by atoms with E-state index >= 15 is 0 Å². The van der Waals surface area contributed by atoms with Crippen molar-refractivity contribution in [1.29, 1.82) is 0 Å². The minimum absolute atomic E-state index is 0.0415. The molecule has 1 aromatic heterocycles. The molecule has 3 N–H and O–H groups in total. The molecule has 2 aromatic rings. The summed E-state index contributed by atoms with van der Waals surface area (Å²) >= 11 is 0. The molecular formula is C16H15F3N8O. The minimum Gasteiger partial charge on any atom is -0.385 e. The summed E-state index contributed by atoms with van der Waals surface area (Å²) in [4.78, 5) is 3.96. The summed E-state index contributed by atoms with van der Waals surface area (Å²) in [5, 5.41) is 26.3. The lowest BCUT2D eigenvalue weighted by molar-refractivity contribution is -0.295. The van der Waals surface area contributed by atoms with Crippen LogP contribution < -0.4 is 5.73 Å². The number of rotatable bonds is 1. The second kappa shape index (κ2) is 6.12. The second-order valence-electron chi connectivity index (χ2n) is 6.47. The number of halogens is 3. The zero-order chi connectivity index (χ0) is 20.1. The fourth-order valence-electron chi connectivity index (χ4n) is 2.92. The SMILES string of the molecule is Cc1ccc(C2=NN(C3=NN=C(N)Cc4ncnn43)[C@](O)(C(F)(F)F)C2)cc1. The number of hydrogen-bond donors (Lipinski definition) is 2. The van der Waals surface area contributed by atoms with Gasteiger partial charge in [0.25, 0.3) is 11.7 Å². The fraction of sp³-hybridized carbons (Fsp3) is 0.312. The van der Waals surface area contributed by atoms with Gasteiger partial charge in [-0.05, 0) is 12.5 Å². The van der Waals surface area contributed by atoms with E-state index in [0.29, 0.717) is 10.6 Å². The lowest BCUT2D eigenvalue weighted by Crippen LogP contribution is -2.58. The van der Waals surface area contributed by atoms with Crippen LogP contribution in [-0.4, -0.2) is 54.3 Å². The summed E-state index contributed by atoms with van der Waals surface area (Å²) in [7, 11) is 0. The Morgan fingerprint density at radius 3 is 2.57 bits per heavy atom. The van der Waals surface area contributed by atoms with E-state index < -0.39 is 24.3 Å². The van der Waals surface area contributed by atoms with Gasteiger partial charge in [-0.25, -0.2) is 4.98 Å². The standard InChI is InChI=1S/C16H15F3N8O/c1-9-2-4-10(5-3-9)11-7-15(28,16(17,18)19)27(25-11)14-24-23-12(20)6-13-21-8-22-26(13)14/h2-5,8,28H,6-7H2,1H3,(H2,20,23)/t15-/m1/s1. The van der Waals surface area contributed by atoms with E-state index in [2.05, 4.69) is 25.4 Å². The number of fused-ring (bicyclic) bond motifs is 1. The van der Waals surface area contributed by atoms with Gasteiger partial charge in [-0.3, -0.25) is 0 Å². The monoisotopic (exact) mass is 392 g/mol. The quantitative estimate of drug-likeness (QED) is 0.750. The van der Waals surface area contributed by atoms with E-state index in [0.717, 1.165) is 16.6 Å². The van der Waals surface area contributed by atoms with E-state index in [1.165, 1.54) is 0 Å². The van der Waals surface area contributed by atoms with Gasteiger partial charge in [-0.2, -0.15) is 33.1 Å². The Morgan fingerprint density at radius 2 is 1.89 bits per heavy atom. The van der Waals surface area contributed by atoms with Gasteiger partial charge in [0.05, 0.1) is 18.6 Å². The van der Waals surface area contributed by atoms with Gasteiger partial charge in [0, 0.05) is 0 Å². The lowest BCUT2D eigenvalue weighted by Gasteiger charge is -2.33. The zero-order valence-corrected chi connectivity index (χ0v) is 14.6. The number of hydrazone groups is 1. The van der Waals surface area contributed by atoms with Gasteiger partial charge >= 0.3 is 6.18 Å². The van der Waals surface area contributed by atoms with Crippen molar-refractivity contribution in [2.24, 2.45) is 21.0 Å². The van der Waals surface area contributed by atoms with E-state index in [-0.39, 0.29) is 23.8 Å². The van der Waals surface area contributed by atoms with Crippen molar-refractivity contribution in [3.05, 3.63) is 47.5 Å². The maximum absolute atomic E-state index is 13.9. The molecule has 0 saturated carbocycles. The molecule has 0 aliphatic carbocycles. The molecule has 0 bridgehead atoms. The Kier molecular flexibility index (Phi) is 3.96. The van der Waals surface area contributed by atoms with Crippen molar-refractivity contribution in [3.63, 3.8) is 0 Å². The van der Waals surface area contributed by atoms with Gasteiger partial charge in [-0.1, -0.05) is 29.8 Å². The highest BCUT2D eigenvalue weighted by molar-refractivity contribution is 6.04. The number of benzene rings is 1. The van der Waals surface area contributed by atoms with Gasteiger partial charge in [0.1, 0.15) is 18.0 Å². The lowest BCUT2D eigenvalue weighted by atomic mass is 10.0. The van der Waals surface area contributed by atoms with Crippen LogP contribution in [0.2, 0.25) is 0 Å². The average Bonchev–Trinajstić information content (AvgIpc) is 3.18. The largest absolute Gasteiger partial charge is 0.438 e. The predicted molar refractivity (Wildman–Crippen MR) is 93.4 cm³/mol. The van der Waals surface area contributed by atoms with Crippen LogP contribution in [0.1, 0.15) is 23.4 Å². The van der Waals surface area contributed by atoms with Crippen LogP contribution in [0.4, 0.5) is 13.2 Å². The topological polar surface area (TPSA) is 117 Å². The highest BCUT2D eigenvalue weighted by atomic mass is 19.4. The molecule has 0 fully saturated rings. The van der Waals surface area contributed by atoms with Crippen LogP contribution >= 0.6 is 0 Å². The first-order valence-electron chi connectivity index (χ1n) is 8.22. The maximum atomic E-state index is 13.9. The summed E-state index contributed by atoms with van der Waals surface area (Å²) in [6.07, 6.45) is -4.63. The number of amidine groups is 1. The zero-order valence-electron chi connectivity index (χ0n) is 14.6. The molecule has 0 unspecified atom stereocenters. The summed E-state index contributed by atoms with van der Waals surface area (Å²) in [6, 6.07) is 6.77. The van der Waals surface area contributed by atoms with Crippen molar-refractivity contribution in [2.75, 3.05) is 0 Å². The molecule has 4 rings (SSSR count). The fourth-order valence-corrected chi connectivity index (χ4v) is 2.92. The summed E-state index contributed by atoms with van der Waals surface area (Å²) in [5.74, 6) is -0.183. The first kappa shape index (κ1) is 18.1. The molecule has 146 valence electrons. The van der Waals surface area contributed by atoms with Crippen LogP contribution in [0.3, 0.4) is 0 Å². The number of aliphatic hydroxyl groups is 1. The first-order valence-corrected chi connectivity index (χ1v) is 8.22. The second-order valence-corrected chi connectivity index (χ2v) is 6.47. The Balaban J connectivity index is 1.85. The maximum Gasteiger partial charge on any atom is 0.438 e. The molecule has 2 aliphatic heterocycles. The molecule has 0 saturated heterocycles. The highest BCUT2D eigenvalue weighted by Crippen LogP contribution is 2.41. The van der Waals surface area contributed by atoms with Gasteiger partial charge < -0.3 is 10.8 Å². The highest BCUT2D eigenvalue weighted by Gasteiger charge is 2.63. The molecule has 1 aromatic carbocycles. The van der Waals surface area contributed by atoms with Crippen LogP contribution in [0.5, 0.6) is 0 Å². The number of nitrogens with two attached hydrogens (primary N) is 1. The molecule has 9 nitrogen and oxygen atoms in total. The number of nitrogens with zero attached hydrogens (tertiary/aromatic N) is 7. The third kappa shape index (κ3) is 2.81. The molecular weight excluding hydrogens is 377 g/mol. The van der Waals surface area contributed by atoms with Crippen LogP contribution in [0, 0.1) is 6.92 Å². The van der Waals surface area contributed by atoms with Crippen molar-refractivity contribution in [2.45, 2.75) is 31.7 Å². The molecule has 12 heteroatoms. The Hall–Kier alpha value is -3.28. The van der Waals surface area contributed by atoms with Gasteiger partial charge in [0.2, 0.25) is 0 Å². The van der Waals surface area contributed by atoms with Crippen molar-refractivity contribution >= 4 is 17.5 Å². The van der Waals surface area contributed by atoms with Crippen molar-refractivity contribution in [1.82, 2.24) is 19.8 Å². The first-order chi connectivity index (χ1) is 13.2. The average molecular weight is 392 g/mol. The van der Waals surface area contributed by atoms with Crippen LogP contribution in [0.25, 0.3) is 0 Å². The Bertz CT molecular complexity index is 1010. The molecule has 2 aliphatic rings. The molecule has 0 amide bonds. The van der Waals surface area contributed by atoms with E-state index in [4.69, 9.17) is 5.73 Å². The van der Waals surface area contributed by atoms with E-state index in [1.807, 2.05) is 6.92 Å². The Labute approximate surface area is 156 Å². The Morgan fingerprint density at radius 1 is 1.18 bits per heavy atom. The van der Waals surface area contributed by atoms with E-state index in [9.17, 15) is 18.3 Å². The van der Waals surface area contributed by atoms with Gasteiger partial charge in [0.15, 0.2) is 0 Å². The van der Waals surface area contributed by atoms with Crippen molar-refractivity contribution in [3.8, 4) is 0 Å². The third-order valence-corrected chi connectivity index (χ3v) is 4.43. The number of alkyl halides is 3. The van der Waals surface area contributed by atoms with E-state index in [1.54, 1.807) is 24.3 Å². The summed E-state index contributed by atoms with van der Waals surface area (Å²) < 4.78 is 42.6. The smallest absolute Gasteiger partial charge is 0.385 e. The molecule has 1 atom stereocenters. The molecule has 3 heterocycles. The number of aryl methyl sites for hydroxylation is 1. The molecule has 28 heavy (non-hydrogen) atoms. The predicted octanol–water partition coefficient (Wildman–Crippen LogP) is 0.980. The van der Waals surface area contributed by atoms with Crippen LogP contribution in [0.15, 0.2) is 45.9 Å². The number of aromatic nitrogens is 3.